The summed E-state index contributed by atoms with van der Waals surface area (Å²) in [6, 6.07) is 4.37. The molecule has 1 aromatic rings. The summed E-state index contributed by atoms with van der Waals surface area (Å²) in [6.07, 6.45) is -2.75. The van der Waals surface area contributed by atoms with Crippen LogP contribution in [-0.2, 0) is 12.6 Å². The second-order valence-electron chi connectivity index (χ2n) is 3.06. The molecule has 0 saturated carbocycles. The maximum Gasteiger partial charge on any atom is 0.417 e. The number of aryl methyl sites for hydroxylation is 1. The summed E-state index contributed by atoms with van der Waals surface area (Å²) < 4.78 is 37.4. The van der Waals surface area contributed by atoms with E-state index in [2.05, 4.69) is 15.9 Å². The number of alkyl halides is 3. The maximum atomic E-state index is 12.4. The molecule has 0 nitrogen and oxygen atoms in total. The van der Waals surface area contributed by atoms with Crippen molar-refractivity contribution in [3.8, 4) is 0 Å². The molecule has 0 aliphatic carbocycles. The Labute approximate surface area is 89.3 Å². The zero-order chi connectivity index (χ0) is 10.8. The van der Waals surface area contributed by atoms with Gasteiger partial charge in [0.15, 0.2) is 0 Å². The minimum Gasteiger partial charge on any atom is -0.166 e. The van der Waals surface area contributed by atoms with Crippen molar-refractivity contribution in [3.63, 3.8) is 0 Å². The summed E-state index contributed by atoms with van der Waals surface area (Å²) in [6.45, 7) is 1.94. The third-order valence-electron chi connectivity index (χ3n) is 1.87. The molecule has 0 bridgehead atoms. The van der Waals surface area contributed by atoms with Gasteiger partial charge in [-0.3, -0.25) is 0 Å². The van der Waals surface area contributed by atoms with Crippen LogP contribution in [0.25, 0.3) is 0 Å². The molecule has 0 heterocycles. The zero-order valence-electron chi connectivity index (χ0n) is 7.66. The molecule has 78 valence electrons. The molecule has 1 rings (SSSR count). The van der Waals surface area contributed by atoms with E-state index in [-0.39, 0.29) is 4.47 Å². The molecular weight excluding hydrogens is 257 g/mol. The Morgan fingerprint density at radius 2 is 1.93 bits per heavy atom. The molecular formula is C10H10BrF3. The SMILES string of the molecule is CCCc1ccc(Br)c(C(F)(F)F)c1. The van der Waals surface area contributed by atoms with Crippen LogP contribution in [-0.4, -0.2) is 0 Å². The van der Waals surface area contributed by atoms with Crippen molar-refractivity contribution >= 4 is 15.9 Å². The van der Waals surface area contributed by atoms with Gasteiger partial charge >= 0.3 is 6.18 Å². The van der Waals surface area contributed by atoms with Crippen LogP contribution in [0.2, 0.25) is 0 Å². The van der Waals surface area contributed by atoms with E-state index in [4.69, 9.17) is 0 Å². The van der Waals surface area contributed by atoms with E-state index in [1.165, 1.54) is 12.1 Å². The Bertz CT molecular complexity index is 318. The lowest BCUT2D eigenvalue weighted by Crippen LogP contribution is -2.06. The maximum absolute atomic E-state index is 12.4. The largest absolute Gasteiger partial charge is 0.417 e. The van der Waals surface area contributed by atoms with Crippen LogP contribution >= 0.6 is 15.9 Å². The van der Waals surface area contributed by atoms with Gasteiger partial charge in [-0.15, -0.1) is 0 Å². The number of halogens is 4. The summed E-state index contributed by atoms with van der Waals surface area (Å²) in [5.74, 6) is 0. The van der Waals surface area contributed by atoms with Gasteiger partial charge in [-0.2, -0.15) is 13.2 Å². The fraction of sp³-hybridized carbons (Fsp3) is 0.400. The Kier molecular flexibility index (Phi) is 3.59. The highest BCUT2D eigenvalue weighted by atomic mass is 79.9. The van der Waals surface area contributed by atoms with Gasteiger partial charge in [0.1, 0.15) is 0 Å². The molecule has 0 atom stereocenters. The Morgan fingerprint density at radius 3 is 2.43 bits per heavy atom. The zero-order valence-corrected chi connectivity index (χ0v) is 9.24. The molecule has 0 amide bonds. The van der Waals surface area contributed by atoms with Crippen molar-refractivity contribution in [2.75, 3.05) is 0 Å². The molecule has 1 aromatic carbocycles. The average molecular weight is 267 g/mol. The molecule has 0 spiro atoms. The second kappa shape index (κ2) is 4.34. The third kappa shape index (κ3) is 2.74. The molecule has 0 aliphatic heterocycles. The first-order valence-electron chi connectivity index (χ1n) is 4.30. The van der Waals surface area contributed by atoms with E-state index >= 15 is 0 Å². The first kappa shape index (κ1) is 11.6. The molecule has 0 fully saturated rings. The van der Waals surface area contributed by atoms with Crippen LogP contribution in [0.1, 0.15) is 24.5 Å². The van der Waals surface area contributed by atoms with Gasteiger partial charge in [0.25, 0.3) is 0 Å². The summed E-state index contributed by atoms with van der Waals surface area (Å²) in [7, 11) is 0. The van der Waals surface area contributed by atoms with Gasteiger partial charge in [-0.05, 0) is 24.1 Å². The Balaban J connectivity index is 3.09. The fourth-order valence-electron chi connectivity index (χ4n) is 1.23. The predicted molar refractivity (Wildman–Crippen MR) is 53.1 cm³/mol. The summed E-state index contributed by atoms with van der Waals surface area (Å²) in [4.78, 5) is 0. The van der Waals surface area contributed by atoms with Crippen molar-refractivity contribution in [2.24, 2.45) is 0 Å². The first-order valence-corrected chi connectivity index (χ1v) is 5.10. The van der Waals surface area contributed by atoms with E-state index in [0.717, 1.165) is 12.0 Å². The van der Waals surface area contributed by atoms with Crippen molar-refractivity contribution in [1.82, 2.24) is 0 Å². The van der Waals surface area contributed by atoms with Crippen molar-refractivity contribution in [1.29, 1.82) is 0 Å². The molecule has 0 N–H and O–H groups in total. The van der Waals surface area contributed by atoms with Gasteiger partial charge in [-0.25, -0.2) is 0 Å². The monoisotopic (exact) mass is 266 g/mol. The second-order valence-corrected chi connectivity index (χ2v) is 3.92. The van der Waals surface area contributed by atoms with Gasteiger partial charge < -0.3 is 0 Å². The predicted octanol–water partition coefficient (Wildman–Crippen LogP) is 4.42. The fourth-order valence-corrected chi connectivity index (χ4v) is 1.71. The Hall–Kier alpha value is -0.510. The highest BCUT2D eigenvalue weighted by Gasteiger charge is 2.32. The van der Waals surface area contributed by atoms with Gasteiger partial charge in [0, 0.05) is 4.47 Å². The smallest absolute Gasteiger partial charge is 0.166 e. The minimum atomic E-state index is -4.28. The van der Waals surface area contributed by atoms with E-state index < -0.39 is 11.7 Å². The van der Waals surface area contributed by atoms with E-state index in [1.54, 1.807) is 6.07 Å². The minimum absolute atomic E-state index is 0.102. The molecule has 0 aliphatic rings. The lowest BCUT2D eigenvalue weighted by atomic mass is 10.1. The van der Waals surface area contributed by atoms with Crippen LogP contribution < -0.4 is 0 Å². The van der Waals surface area contributed by atoms with Gasteiger partial charge in [0.2, 0.25) is 0 Å². The van der Waals surface area contributed by atoms with E-state index in [0.29, 0.717) is 6.42 Å². The third-order valence-corrected chi connectivity index (χ3v) is 2.57. The summed E-state index contributed by atoms with van der Waals surface area (Å²) in [5.41, 5.74) is 0.131. The van der Waals surface area contributed by atoms with Crippen LogP contribution in [0.5, 0.6) is 0 Å². The molecule has 0 aromatic heterocycles. The number of benzene rings is 1. The number of hydrogen-bond acceptors (Lipinski definition) is 0. The van der Waals surface area contributed by atoms with Crippen LogP contribution in [0.15, 0.2) is 22.7 Å². The number of hydrogen-bond donors (Lipinski definition) is 0. The number of rotatable bonds is 2. The summed E-state index contributed by atoms with van der Waals surface area (Å²) >= 11 is 2.90. The van der Waals surface area contributed by atoms with Crippen LogP contribution in [0.3, 0.4) is 0 Å². The lowest BCUT2D eigenvalue weighted by molar-refractivity contribution is -0.138. The molecule has 4 heteroatoms. The van der Waals surface area contributed by atoms with E-state index in [9.17, 15) is 13.2 Å². The lowest BCUT2D eigenvalue weighted by Gasteiger charge is -2.10. The Morgan fingerprint density at radius 1 is 1.29 bits per heavy atom. The highest BCUT2D eigenvalue weighted by Crippen LogP contribution is 2.35. The molecule has 0 saturated heterocycles. The average Bonchev–Trinajstić information content (AvgIpc) is 2.07. The van der Waals surface area contributed by atoms with Crippen molar-refractivity contribution < 1.29 is 13.2 Å². The molecule has 0 unspecified atom stereocenters. The van der Waals surface area contributed by atoms with Gasteiger partial charge in [-0.1, -0.05) is 35.3 Å². The standard InChI is InChI=1S/C10H10BrF3/c1-2-3-7-4-5-9(11)8(6-7)10(12,13)14/h4-6H,2-3H2,1H3. The van der Waals surface area contributed by atoms with Crippen molar-refractivity contribution in [3.05, 3.63) is 33.8 Å². The highest BCUT2D eigenvalue weighted by molar-refractivity contribution is 9.10. The topological polar surface area (TPSA) is 0 Å². The quantitative estimate of drug-likeness (QED) is 0.744. The normalized spacial score (nSPS) is 11.8. The molecule has 0 radical (unpaired) electrons. The summed E-state index contributed by atoms with van der Waals surface area (Å²) in [5, 5.41) is 0. The first-order chi connectivity index (χ1) is 6.45. The molecule has 14 heavy (non-hydrogen) atoms. The van der Waals surface area contributed by atoms with Crippen LogP contribution in [0, 0.1) is 0 Å². The van der Waals surface area contributed by atoms with Gasteiger partial charge in [0.05, 0.1) is 5.56 Å². The van der Waals surface area contributed by atoms with Crippen LogP contribution in [0.4, 0.5) is 13.2 Å². The van der Waals surface area contributed by atoms with E-state index in [1.807, 2.05) is 6.92 Å². The van der Waals surface area contributed by atoms with Crippen molar-refractivity contribution in [2.45, 2.75) is 25.9 Å².